The molecule has 2 aliphatic rings. The first kappa shape index (κ1) is 13.1. The van der Waals surface area contributed by atoms with E-state index >= 15 is 0 Å². The molecule has 4 heteroatoms. The summed E-state index contributed by atoms with van der Waals surface area (Å²) in [6.45, 7) is 7.33. The monoisotopic (exact) mass is 263 g/mol. The molecule has 0 saturated carbocycles. The Hall–Kier alpha value is -0.870. The summed E-state index contributed by atoms with van der Waals surface area (Å²) in [7, 11) is 0. The molecule has 1 saturated heterocycles. The zero-order valence-electron chi connectivity index (χ0n) is 12.0. The maximum Gasteiger partial charge on any atom is 0.109 e. The van der Waals surface area contributed by atoms with E-state index in [4.69, 9.17) is 9.72 Å². The van der Waals surface area contributed by atoms with Gasteiger partial charge in [0.05, 0.1) is 5.69 Å². The van der Waals surface area contributed by atoms with E-state index in [1.165, 1.54) is 36.5 Å². The second kappa shape index (κ2) is 6.06. The van der Waals surface area contributed by atoms with Gasteiger partial charge in [0, 0.05) is 51.4 Å². The van der Waals surface area contributed by atoms with E-state index in [0.717, 1.165) is 51.6 Å². The first-order valence-electron chi connectivity index (χ1n) is 7.74. The first-order valence-corrected chi connectivity index (χ1v) is 7.74. The Kier molecular flexibility index (Phi) is 4.18. The maximum absolute atomic E-state index is 5.48. The average molecular weight is 263 g/mol. The lowest BCUT2D eigenvalue weighted by molar-refractivity contribution is 0.183. The number of hydrogen-bond donors (Lipinski definition) is 1. The largest absolute Gasteiger partial charge is 0.381 e. The number of nitrogens with zero attached hydrogens (tertiary/aromatic N) is 2. The highest BCUT2D eigenvalue weighted by molar-refractivity contribution is 5.20. The number of hydrogen-bond acceptors (Lipinski definition) is 3. The lowest BCUT2D eigenvalue weighted by atomic mass is 10.0. The predicted molar refractivity (Wildman–Crippen MR) is 75.2 cm³/mol. The molecule has 0 aliphatic carbocycles. The van der Waals surface area contributed by atoms with Gasteiger partial charge in [-0.3, -0.25) is 0 Å². The van der Waals surface area contributed by atoms with Crippen LogP contribution in [0.4, 0.5) is 0 Å². The molecule has 0 amide bonds. The highest BCUT2D eigenvalue weighted by Gasteiger charge is 2.21. The molecule has 2 aliphatic heterocycles. The molecule has 106 valence electrons. The fraction of sp³-hybridized carbons (Fsp3) is 0.800. The second-order valence-electron chi connectivity index (χ2n) is 5.77. The van der Waals surface area contributed by atoms with Gasteiger partial charge in [-0.05, 0) is 25.2 Å². The third kappa shape index (κ3) is 2.84. The van der Waals surface area contributed by atoms with Crippen LogP contribution in [0.5, 0.6) is 0 Å². The van der Waals surface area contributed by atoms with E-state index in [2.05, 4.69) is 16.8 Å². The number of rotatable bonds is 5. The molecule has 0 aromatic carbocycles. The van der Waals surface area contributed by atoms with Crippen molar-refractivity contribution >= 4 is 0 Å². The van der Waals surface area contributed by atoms with Crippen LogP contribution in [-0.4, -0.2) is 29.3 Å². The van der Waals surface area contributed by atoms with Crippen LogP contribution in [0.1, 0.15) is 43.4 Å². The quantitative estimate of drug-likeness (QED) is 0.882. The molecule has 0 radical (unpaired) electrons. The molecule has 0 spiro atoms. The Labute approximate surface area is 115 Å². The maximum atomic E-state index is 5.48. The van der Waals surface area contributed by atoms with Gasteiger partial charge < -0.3 is 14.6 Å². The van der Waals surface area contributed by atoms with E-state index < -0.39 is 0 Å². The number of fused-ring (bicyclic) bond motifs is 1. The van der Waals surface area contributed by atoms with Crippen molar-refractivity contribution in [3.63, 3.8) is 0 Å². The van der Waals surface area contributed by atoms with E-state index in [1.54, 1.807) is 0 Å². The van der Waals surface area contributed by atoms with E-state index in [1.807, 2.05) is 0 Å². The predicted octanol–water partition coefficient (Wildman–Crippen LogP) is 1.91. The van der Waals surface area contributed by atoms with Crippen LogP contribution in [0.15, 0.2) is 0 Å². The average Bonchev–Trinajstić information content (AvgIpc) is 3.04. The molecule has 3 rings (SSSR count). The van der Waals surface area contributed by atoms with Crippen molar-refractivity contribution in [1.82, 2.24) is 14.9 Å². The number of ether oxygens (including phenoxy) is 1. The summed E-state index contributed by atoms with van der Waals surface area (Å²) in [6, 6.07) is 0. The van der Waals surface area contributed by atoms with Crippen LogP contribution in [0.3, 0.4) is 0 Å². The van der Waals surface area contributed by atoms with Gasteiger partial charge in [0.2, 0.25) is 0 Å². The van der Waals surface area contributed by atoms with Crippen molar-refractivity contribution in [2.24, 2.45) is 5.92 Å². The minimum absolute atomic E-state index is 0.759. The lowest BCUT2D eigenvalue weighted by Gasteiger charge is -2.17. The molecule has 3 heterocycles. The summed E-state index contributed by atoms with van der Waals surface area (Å²) >= 11 is 0. The van der Waals surface area contributed by atoms with Crippen LogP contribution in [-0.2, 0) is 30.7 Å². The summed E-state index contributed by atoms with van der Waals surface area (Å²) in [5.41, 5.74) is 2.78. The summed E-state index contributed by atoms with van der Waals surface area (Å²) in [6.07, 6.45) is 5.89. The van der Waals surface area contributed by atoms with Crippen LogP contribution in [0.2, 0.25) is 0 Å². The van der Waals surface area contributed by atoms with E-state index in [-0.39, 0.29) is 0 Å². The van der Waals surface area contributed by atoms with Gasteiger partial charge in [-0.2, -0.15) is 0 Å². The van der Waals surface area contributed by atoms with Gasteiger partial charge in [0.1, 0.15) is 5.82 Å². The zero-order chi connectivity index (χ0) is 13.1. The third-order valence-corrected chi connectivity index (χ3v) is 4.32. The van der Waals surface area contributed by atoms with Crippen LogP contribution in [0.25, 0.3) is 0 Å². The van der Waals surface area contributed by atoms with Crippen LogP contribution >= 0.6 is 0 Å². The zero-order valence-corrected chi connectivity index (χ0v) is 12.0. The molecule has 0 bridgehead atoms. The van der Waals surface area contributed by atoms with Crippen molar-refractivity contribution in [3.8, 4) is 0 Å². The van der Waals surface area contributed by atoms with Crippen molar-refractivity contribution < 1.29 is 4.74 Å². The molecule has 4 nitrogen and oxygen atoms in total. The molecule has 1 N–H and O–H groups in total. The molecular formula is C15H25N3O. The van der Waals surface area contributed by atoms with Crippen molar-refractivity contribution in [2.75, 3.05) is 19.8 Å². The summed E-state index contributed by atoms with van der Waals surface area (Å²) < 4.78 is 7.99. The smallest absolute Gasteiger partial charge is 0.109 e. The van der Waals surface area contributed by atoms with Crippen molar-refractivity contribution in [2.45, 2.75) is 52.1 Å². The van der Waals surface area contributed by atoms with Gasteiger partial charge in [0.25, 0.3) is 0 Å². The van der Waals surface area contributed by atoms with Crippen LogP contribution < -0.4 is 5.32 Å². The van der Waals surface area contributed by atoms with Gasteiger partial charge >= 0.3 is 0 Å². The molecule has 19 heavy (non-hydrogen) atoms. The summed E-state index contributed by atoms with van der Waals surface area (Å²) in [5, 5.41) is 3.42. The Bertz CT molecular complexity index is 421. The molecule has 1 unspecified atom stereocenters. The first-order chi connectivity index (χ1) is 9.38. The molecular weight excluding hydrogens is 238 g/mol. The number of aromatic nitrogens is 2. The SMILES string of the molecule is CCCc1nc2c(n1CCC1CCOC1)CCNC2. The normalized spacial score (nSPS) is 22.7. The highest BCUT2D eigenvalue weighted by Crippen LogP contribution is 2.22. The second-order valence-corrected chi connectivity index (χ2v) is 5.77. The minimum Gasteiger partial charge on any atom is -0.381 e. The highest BCUT2D eigenvalue weighted by atomic mass is 16.5. The Morgan fingerprint density at radius 1 is 1.47 bits per heavy atom. The van der Waals surface area contributed by atoms with Gasteiger partial charge in [-0.25, -0.2) is 4.98 Å². The van der Waals surface area contributed by atoms with Crippen molar-refractivity contribution in [3.05, 3.63) is 17.2 Å². The van der Waals surface area contributed by atoms with E-state index in [9.17, 15) is 0 Å². The molecule has 1 aromatic heterocycles. The standard InChI is InChI=1S/C15H25N3O/c1-2-3-15-17-13-10-16-7-4-14(13)18(15)8-5-12-6-9-19-11-12/h12,16H,2-11H2,1H3. The fourth-order valence-corrected chi connectivity index (χ4v) is 3.23. The Morgan fingerprint density at radius 3 is 3.21 bits per heavy atom. The van der Waals surface area contributed by atoms with Gasteiger partial charge in [-0.1, -0.05) is 6.92 Å². The Morgan fingerprint density at radius 2 is 2.42 bits per heavy atom. The lowest BCUT2D eigenvalue weighted by Crippen LogP contribution is -2.25. The molecule has 1 aromatic rings. The van der Waals surface area contributed by atoms with Crippen molar-refractivity contribution in [1.29, 1.82) is 0 Å². The summed E-state index contributed by atoms with van der Waals surface area (Å²) in [5.74, 6) is 2.06. The number of aryl methyl sites for hydroxylation is 1. The molecule has 1 atom stereocenters. The fourth-order valence-electron chi connectivity index (χ4n) is 3.23. The number of nitrogens with one attached hydrogen (secondary N) is 1. The topological polar surface area (TPSA) is 39.1 Å². The molecule has 1 fully saturated rings. The van der Waals surface area contributed by atoms with Crippen LogP contribution in [0, 0.1) is 5.92 Å². The number of imidazole rings is 1. The van der Waals surface area contributed by atoms with E-state index in [0.29, 0.717) is 0 Å². The van der Waals surface area contributed by atoms with Gasteiger partial charge in [-0.15, -0.1) is 0 Å². The Balaban J connectivity index is 1.74. The summed E-state index contributed by atoms with van der Waals surface area (Å²) in [4.78, 5) is 4.85. The third-order valence-electron chi connectivity index (χ3n) is 4.32. The van der Waals surface area contributed by atoms with Gasteiger partial charge in [0.15, 0.2) is 0 Å². The minimum atomic E-state index is 0.759.